The molecule has 0 aliphatic heterocycles. The lowest BCUT2D eigenvalue weighted by Crippen LogP contribution is -2.16. The minimum atomic E-state index is -1.36. The average molecular weight is 278 g/mol. The maximum atomic E-state index is 11.9. The van der Waals surface area contributed by atoms with Crippen molar-refractivity contribution in [1.29, 1.82) is 0 Å². The molecular formula is C11H10N4O5. The molecule has 0 saturated carbocycles. The number of carboxylic acid groups (broad SMARTS) is 2. The fraction of sp³-hybridized carbons (Fsp3) is 0.182. The van der Waals surface area contributed by atoms with Crippen molar-refractivity contribution in [2.75, 3.05) is 0 Å². The molecule has 20 heavy (non-hydrogen) atoms. The van der Waals surface area contributed by atoms with E-state index in [1.807, 2.05) is 0 Å². The van der Waals surface area contributed by atoms with Crippen LogP contribution < -0.4 is 0 Å². The van der Waals surface area contributed by atoms with E-state index < -0.39 is 23.4 Å². The maximum Gasteiger partial charge on any atom is 0.356 e. The van der Waals surface area contributed by atoms with Crippen molar-refractivity contribution in [1.82, 2.24) is 19.6 Å². The lowest BCUT2D eigenvalue weighted by atomic mass is 10.2. The molecule has 0 aromatic carbocycles. The molecule has 9 heteroatoms. The van der Waals surface area contributed by atoms with Gasteiger partial charge in [-0.25, -0.2) is 14.3 Å². The molecule has 2 rings (SSSR count). The van der Waals surface area contributed by atoms with Crippen molar-refractivity contribution in [3.8, 4) is 0 Å². The molecule has 2 aromatic rings. The summed E-state index contributed by atoms with van der Waals surface area (Å²) in [6, 6.07) is 0.904. The molecule has 0 amide bonds. The van der Waals surface area contributed by atoms with E-state index in [-0.39, 0.29) is 17.8 Å². The van der Waals surface area contributed by atoms with Gasteiger partial charge in [-0.2, -0.15) is 10.2 Å². The van der Waals surface area contributed by atoms with E-state index in [1.54, 1.807) is 7.05 Å². The summed E-state index contributed by atoms with van der Waals surface area (Å²) in [5.41, 5.74) is -0.503. The van der Waals surface area contributed by atoms with E-state index in [1.165, 1.54) is 17.1 Å². The number of carboxylic acids is 2. The molecule has 0 fully saturated rings. The summed E-state index contributed by atoms with van der Waals surface area (Å²) in [6.07, 6.45) is 2.81. The summed E-state index contributed by atoms with van der Waals surface area (Å²) in [5, 5.41) is 25.2. The monoisotopic (exact) mass is 278 g/mol. The highest BCUT2D eigenvalue weighted by Crippen LogP contribution is 2.08. The molecular weight excluding hydrogens is 268 g/mol. The fourth-order valence-corrected chi connectivity index (χ4v) is 1.61. The number of hydrogen-bond acceptors (Lipinski definition) is 5. The van der Waals surface area contributed by atoms with Gasteiger partial charge in [0.05, 0.1) is 11.8 Å². The number of nitrogens with zero attached hydrogens (tertiary/aromatic N) is 4. The molecule has 0 radical (unpaired) electrons. The number of carbonyl (C=O) groups excluding carboxylic acids is 1. The summed E-state index contributed by atoms with van der Waals surface area (Å²) in [7, 11) is 1.63. The molecule has 0 aliphatic carbocycles. The van der Waals surface area contributed by atoms with Gasteiger partial charge in [0.1, 0.15) is 12.2 Å². The highest BCUT2D eigenvalue weighted by Gasteiger charge is 2.20. The van der Waals surface area contributed by atoms with Crippen molar-refractivity contribution in [2.45, 2.75) is 6.54 Å². The van der Waals surface area contributed by atoms with Crippen molar-refractivity contribution in [3.05, 3.63) is 35.4 Å². The largest absolute Gasteiger partial charge is 0.477 e. The van der Waals surface area contributed by atoms with Crippen LogP contribution in [-0.2, 0) is 13.6 Å². The van der Waals surface area contributed by atoms with Crippen molar-refractivity contribution in [2.24, 2.45) is 7.05 Å². The van der Waals surface area contributed by atoms with Crippen LogP contribution in [0.1, 0.15) is 31.3 Å². The third-order valence-electron chi connectivity index (χ3n) is 2.54. The molecule has 0 atom stereocenters. The first-order valence-electron chi connectivity index (χ1n) is 5.44. The van der Waals surface area contributed by atoms with Crippen LogP contribution in [0, 0.1) is 0 Å². The Morgan fingerprint density at radius 1 is 1.25 bits per heavy atom. The molecule has 9 nitrogen and oxygen atoms in total. The van der Waals surface area contributed by atoms with Crippen LogP contribution in [0.5, 0.6) is 0 Å². The summed E-state index contributed by atoms with van der Waals surface area (Å²) in [4.78, 5) is 33.7. The highest BCUT2D eigenvalue weighted by atomic mass is 16.4. The van der Waals surface area contributed by atoms with Crippen molar-refractivity contribution >= 4 is 17.7 Å². The SMILES string of the molecule is Cn1cc(C(=O)Cn2nc(C(=O)O)cc2C(=O)O)cn1. The lowest BCUT2D eigenvalue weighted by molar-refractivity contribution is 0.0674. The summed E-state index contributed by atoms with van der Waals surface area (Å²) >= 11 is 0. The van der Waals surface area contributed by atoms with Gasteiger partial charge < -0.3 is 10.2 Å². The average Bonchev–Trinajstić information content (AvgIpc) is 2.95. The van der Waals surface area contributed by atoms with Crippen molar-refractivity contribution in [3.63, 3.8) is 0 Å². The number of aromatic nitrogens is 4. The number of aromatic carboxylic acids is 2. The van der Waals surface area contributed by atoms with Gasteiger partial charge in [0.25, 0.3) is 0 Å². The van der Waals surface area contributed by atoms with Gasteiger partial charge in [0, 0.05) is 19.3 Å². The minimum absolute atomic E-state index is 0.288. The second-order valence-electron chi connectivity index (χ2n) is 4.01. The minimum Gasteiger partial charge on any atom is -0.477 e. The number of ketones is 1. The number of hydrogen-bond donors (Lipinski definition) is 2. The Hall–Kier alpha value is -2.97. The first-order valence-corrected chi connectivity index (χ1v) is 5.44. The van der Waals surface area contributed by atoms with E-state index in [0.717, 1.165) is 10.7 Å². The van der Waals surface area contributed by atoms with Crippen LogP contribution in [0.3, 0.4) is 0 Å². The standard InChI is InChI=1S/C11H10N4O5/c1-14-4-6(3-12-14)9(16)5-15-8(11(19)20)2-7(13-15)10(17)18/h2-4H,5H2,1H3,(H,17,18)(H,19,20). The first kappa shape index (κ1) is 13.5. The molecule has 2 aromatic heterocycles. The predicted molar refractivity (Wildman–Crippen MR) is 63.7 cm³/mol. The maximum absolute atomic E-state index is 11.9. The van der Waals surface area contributed by atoms with Crippen LogP contribution in [0.15, 0.2) is 18.5 Å². The van der Waals surface area contributed by atoms with E-state index >= 15 is 0 Å². The zero-order valence-electron chi connectivity index (χ0n) is 10.3. The zero-order valence-corrected chi connectivity index (χ0v) is 10.3. The Labute approximate surface area is 112 Å². The fourth-order valence-electron chi connectivity index (χ4n) is 1.61. The van der Waals surface area contributed by atoms with Crippen LogP contribution in [0.4, 0.5) is 0 Å². The molecule has 0 spiro atoms. The topological polar surface area (TPSA) is 127 Å². The highest BCUT2D eigenvalue weighted by molar-refractivity contribution is 5.96. The summed E-state index contributed by atoms with van der Waals surface area (Å²) in [6.45, 7) is -0.374. The predicted octanol–water partition coefficient (Wildman–Crippen LogP) is -0.104. The molecule has 104 valence electrons. The Morgan fingerprint density at radius 3 is 2.45 bits per heavy atom. The van der Waals surface area contributed by atoms with Crippen molar-refractivity contribution < 1.29 is 24.6 Å². The van der Waals surface area contributed by atoms with Gasteiger partial charge >= 0.3 is 11.9 Å². The lowest BCUT2D eigenvalue weighted by Gasteiger charge is -2.01. The van der Waals surface area contributed by atoms with Gasteiger partial charge in [0.2, 0.25) is 0 Å². The van der Waals surface area contributed by atoms with Gasteiger partial charge in [-0.15, -0.1) is 0 Å². The molecule has 0 saturated heterocycles. The summed E-state index contributed by atoms with van der Waals surface area (Å²) < 4.78 is 2.28. The van der Waals surface area contributed by atoms with E-state index in [4.69, 9.17) is 10.2 Å². The van der Waals surface area contributed by atoms with Gasteiger partial charge in [0.15, 0.2) is 11.5 Å². The second kappa shape index (κ2) is 4.96. The molecule has 2 heterocycles. The van der Waals surface area contributed by atoms with E-state index in [0.29, 0.717) is 0 Å². The smallest absolute Gasteiger partial charge is 0.356 e. The van der Waals surface area contributed by atoms with Crippen LogP contribution in [-0.4, -0.2) is 47.5 Å². The second-order valence-corrected chi connectivity index (χ2v) is 4.01. The molecule has 0 unspecified atom stereocenters. The Morgan fingerprint density at radius 2 is 1.95 bits per heavy atom. The van der Waals surface area contributed by atoms with Gasteiger partial charge in [-0.1, -0.05) is 0 Å². The normalized spacial score (nSPS) is 10.4. The van der Waals surface area contributed by atoms with E-state index in [2.05, 4.69) is 10.2 Å². The number of Topliss-reactive ketones (excluding diaryl/α,β-unsaturated/α-hetero) is 1. The number of aryl methyl sites for hydroxylation is 1. The number of carbonyl (C=O) groups is 3. The van der Waals surface area contributed by atoms with E-state index in [9.17, 15) is 14.4 Å². The Kier molecular flexibility index (Phi) is 3.34. The Balaban J connectivity index is 2.30. The van der Waals surface area contributed by atoms with Crippen LogP contribution in [0.2, 0.25) is 0 Å². The summed E-state index contributed by atoms with van der Waals surface area (Å²) in [5.74, 6) is -3.13. The number of rotatable bonds is 5. The third-order valence-corrected chi connectivity index (χ3v) is 2.54. The van der Waals surface area contributed by atoms with Gasteiger partial charge in [-0.05, 0) is 0 Å². The quantitative estimate of drug-likeness (QED) is 0.730. The molecule has 0 bridgehead atoms. The first-order chi connectivity index (χ1) is 9.38. The van der Waals surface area contributed by atoms with Crippen LogP contribution in [0.25, 0.3) is 0 Å². The molecule has 0 aliphatic rings. The Bertz CT molecular complexity index is 699. The third kappa shape index (κ3) is 2.55. The molecule has 2 N–H and O–H groups in total. The van der Waals surface area contributed by atoms with Gasteiger partial charge in [-0.3, -0.25) is 9.48 Å². The zero-order chi connectivity index (χ0) is 14.9. The van der Waals surface area contributed by atoms with Crippen LogP contribution >= 0.6 is 0 Å².